The van der Waals surface area contributed by atoms with E-state index in [2.05, 4.69) is 198 Å². The molecule has 9 rings (SSSR count). The second-order valence-electron chi connectivity index (χ2n) is 17.1. The molecule has 262 valence electrons. The Bertz CT molecular complexity index is 3160. The summed E-state index contributed by atoms with van der Waals surface area (Å²) in [6.45, 7) is 0. The minimum atomic E-state index is 0.972. The summed E-state index contributed by atoms with van der Waals surface area (Å²) in [6.07, 6.45) is 0. The van der Waals surface area contributed by atoms with E-state index in [1.54, 1.807) is 0 Å². The van der Waals surface area contributed by atoms with E-state index < -0.39 is 0 Å². The smallest absolute Gasteiger partial charge is 0.145 e. The molecule has 15 heteroatoms. The van der Waals surface area contributed by atoms with Gasteiger partial charge in [-0.3, -0.25) is 4.57 Å². The Morgan fingerprint density at radius 1 is 0.345 bits per heavy atom. The quantitative estimate of drug-likeness (QED) is 0.130. The van der Waals surface area contributed by atoms with Crippen LogP contribution in [-0.2, 0) is 0 Å². The molecule has 0 fully saturated rings. The third kappa shape index (κ3) is 5.48. The first-order chi connectivity index (χ1) is 27.7. The first-order valence-corrected chi connectivity index (χ1v) is 20.8. The largest absolute Gasteiger partial charge is 0.294 e. The van der Waals surface area contributed by atoms with E-state index in [-0.39, 0.29) is 0 Å². The molecule has 8 aromatic carbocycles. The summed E-state index contributed by atoms with van der Waals surface area (Å²) in [5.74, 6) is 0.972. The van der Waals surface area contributed by atoms with Gasteiger partial charge in [-0.25, -0.2) is 4.98 Å². The van der Waals surface area contributed by atoms with Crippen molar-refractivity contribution < 1.29 is 0 Å². The van der Waals surface area contributed by atoms with Crippen LogP contribution in [0.5, 0.6) is 0 Å². The highest BCUT2D eigenvalue weighted by atomic mass is 15.1. The third-order valence-electron chi connectivity index (χ3n) is 14.6. The normalized spacial score (nSPS) is 11.7. The van der Waals surface area contributed by atoms with Crippen molar-refractivity contribution in [1.29, 1.82) is 0 Å². The van der Waals surface area contributed by atoms with Gasteiger partial charge in [0.1, 0.15) is 108 Å². The molecule has 0 aliphatic carbocycles. The van der Waals surface area contributed by atoms with Gasteiger partial charge in [-0.2, -0.15) is 0 Å². The minimum absolute atomic E-state index is 0.972. The number of imidazole rings is 1. The lowest BCUT2D eigenvalue weighted by Crippen LogP contribution is -2.56. The maximum Gasteiger partial charge on any atom is 0.145 e. The van der Waals surface area contributed by atoms with E-state index in [9.17, 15) is 0 Å². The highest BCUT2D eigenvalue weighted by Gasteiger charge is 2.26. The molecule has 0 bridgehead atoms. The summed E-state index contributed by atoms with van der Waals surface area (Å²) >= 11 is 0. The number of hydrogen-bond donors (Lipinski definition) is 0. The molecule has 1 aromatic heterocycles. The predicted molar refractivity (Wildman–Crippen MR) is 296 cm³/mol. The molecule has 1 heterocycles. The molecule has 0 aliphatic rings. The van der Waals surface area contributed by atoms with Crippen LogP contribution in [0.25, 0.3) is 82.7 Å². The maximum absolute atomic E-state index is 5.35. The Labute approximate surface area is 354 Å². The van der Waals surface area contributed by atoms with Gasteiger partial charge >= 0.3 is 0 Å². The number of hydrogen-bond acceptors (Lipinski definition) is 1. The zero-order chi connectivity index (χ0) is 41.1. The van der Waals surface area contributed by atoms with Gasteiger partial charge in [-0.05, 0) is 72.8 Å². The van der Waals surface area contributed by atoms with Crippen molar-refractivity contribution >= 4 is 216 Å². The molecule has 0 aliphatic heterocycles. The Morgan fingerprint density at radius 3 is 1.28 bits per heavy atom. The predicted octanol–water partition coefficient (Wildman–Crippen LogP) is -11.2. The van der Waals surface area contributed by atoms with E-state index in [1.165, 1.54) is 131 Å². The Balaban J connectivity index is 1.38. The molecule has 9 aromatic rings. The Hall–Kier alpha value is -5.15. The van der Waals surface area contributed by atoms with Crippen LogP contribution >= 0.6 is 0 Å². The number of rotatable bonds is 4. The van der Waals surface area contributed by atoms with E-state index >= 15 is 0 Å². The summed E-state index contributed by atoms with van der Waals surface area (Å²) in [5, 5.41) is 7.99. The van der Waals surface area contributed by atoms with Crippen molar-refractivity contribution in [3.05, 3.63) is 91.0 Å². The zero-order valence-electron chi connectivity index (χ0n) is 36.6. The van der Waals surface area contributed by atoms with E-state index in [0.29, 0.717) is 0 Å². The number of benzene rings is 8. The summed E-state index contributed by atoms with van der Waals surface area (Å²) < 4.78 is 2.41. The molecule has 0 spiro atoms. The van der Waals surface area contributed by atoms with Crippen molar-refractivity contribution in [1.82, 2.24) is 9.55 Å². The van der Waals surface area contributed by atoms with Crippen LogP contribution in [-0.4, -0.2) is 112 Å². The monoisotopic (exact) mass is 728 g/mol. The fourth-order valence-electron chi connectivity index (χ4n) is 10.1. The molecule has 0 N–H and O–H groups in total. The number of para-hydroxylation sites is 2. The first kappa shape index (κ1) is 38.4. The zero-order valence-corrected chi connectivity index (χ0v) is 36.6. The summed E-state index contributed by atoms with van der Waals surface area (Å²) in [6, 6.07) is 33.8. The van der Waals surface area contributed by atoms with Crippen LogP contribution in [0.15, 0.2) is 91.0 Å². The molecule has 0 unspecified atom stereocenters. The van der Waals surface area contributed by atoms with Gasteiger partial charge in [-0.15, -0.1) is 27.3 Å². The second-order valence-corrected chi connectivity index (χ2v) is 17.1. The van der Waals surface area contributed by atoms with Crippen LogP contribution in [0.1, 0.15) is 0 Å². The van der Waals surface area contributed by atoms with Crippen molar-refractivity contribution in [3.8, 4) is 39.3 Å². The van der Waals surface area contributed by atoms with Crippen LogP contribution in [0.3, 0.4) is 0 Å². The molecule has 0 amide bonds. The lowest BCUT2D eigenvalue weighted by Gasteiger charge is -2.28. The van der Waals surface area contributed by atoms with Gasteiger partial charge in [0.2, 0.25) is 0 Å². The first-order valence-electron chi connectivity index (χ1n) is 20.8. The summed E-state index contributed by atoms with van der Waals surface area (Å²) in [7, 11) is 29.9. The van der Waals surface area contributed by atoms with E-state index in [0.717, 1.165) is 22.4 Å². The standard InChI is InChI=1S/C43H41B13N2/c44-29-25-23(17-10-12-18(13-11-17)43-57-21-7-3-4-8-22(21)58(43)42-40(55)38(53)37(52)39(54)41(42)56)26-28(32(47)36(51)34(49)30(26)45)24(27(25)31(46)35(50)33(29)48)20-14-9-16-5-1-2-6-19(16)15-20/h1-15H,44-56H2. The third-order valence-corrected chi connectivity index (χ3v) is 14.6. The summed E-state index contributed by atoms with van der Waals surface area (Å²) in [5.41, 5.74) is 27.3. The molecule has 0 saturated heterocycles. The fraction of sp³-hybridized carbons (Fsp3) is 0. The molecule has 2 nitrogen and oxygen atoms in total. The molecule has 0 atom stereocenters. The topological polar surface area (TPSA) is 17.8 Å². The lowest BCUT2D eigenvalue weighted by molar-refractivity contribution is 1.12. The van der Waals surface area contributed by atoms with Gasteiger partial charge in [-0.1, -0.05) is 116 Å². The highest BCUT2D eigenvalue weighted by Crippen LogP contribution is 2.42. The van der Waals surface area contributed by atoms with Gasteiger partial charge in [0.15, 0.2) is 0 Å². The highest BCUT2D eigenvalue weighted by molar-refractivity contribution is 6.72. The van der Waals surface area contributed by atoms with E-state index in [4.69, 9.17) is 4.98 Å². The number of aromatic nitrogens is 2. The van der Waals surface area contributed by atoms with E-state index in [1.807, 2.05) is 0 Å². The average molecular weight is 726 g/mol. The second kappa shape index (κ2) is 14.0. The van der Waals surface area contributed by atoms with Crippen LogP contribution in [0, 0.1) is 0 Å². The van der Waals surface area contributed by atoms with Gasteiger partial charge in [0.05, 0.1) is 11.0 Å². The Kier molecular flexibility index (Phi) is 9.27. The van der Waals surface area contributed by atoms with Crippen LogP contribution < -0.4 is 71.0 Å². The van der Waals surface area contributed by atoms with Crippen molar-refractivity contribution in [2.24, 2.45) is 0 Å². The van der Waals surface area contributed by atoms with Gasteiger partial charge in [0.25, 0.3) is 0 Å². The molecule has 58 heavy (non-hydrogen) atoms. The lowest BCUT2D eigenvalue weighted by atomic mass is 9.59. The molecular weight excluding hydrogens is 685 g/mol. The van der Waals surface area contributed by atoms with Gasteiger partial charge < -0.3 is 0 Å². The van der Waals surface area contributed by atoms with Crippen molar-refractivity contribution in [2.45, 2.75) is 0 Å². The van der Waals surface area contributed by atoms with Crippen molar-refractivity contribution in [3.63, 3.8) is 0 Å². The molecule has 0 radical (unpaired) electrons. The van der Waals surface area contributed by atoms with Crippen molar-refractivity contribution in [2.75, 3.05) is 0 Å². The SMILES string of the molecule is Bc1c(B)c(B)c(-n2c(-c3ccc(-c4c5c(B)c(B)c(B)c(B)c5c(-c5ccc6ccccc6c5)c5c(B)c(B)c(B)c(B)c45)cc3)nc3ccccc32)c(B)c1B. The number of nitrogens with zero attached hydrogens (tertiary/aromatic N) is 2. The average Bonchev–Trinajstić information content (AvgIpc) is 3.62. The molecular formula is C43H41B13N2. The van der Waals surface area contributed by atoms with Crippen LogP contribution in [0.4, 0.5) is 0 Å². The Morgan fingerprint density at radius 2 is 0.741 bits per heavy atom. The van der Waals surface area contributed by atoms with Crippen LogP contribution in [0.2, 0.25) is 0 Å². The molecule has 0 saturated carbocycles. The maximum atomic E-state index is 5.35. The van der Waals surface area contributed by atoms with Gasteiger partial charge in [0, 0.05) is 11.3 Å². The summed E-state index contributed by atoms with van der Waals surface area (Å²) in [4.78, 5) is 5.35. The number of fused-ring (bicyclic) bond motifs is 4. The fourth-order valence-corrected chi connectivity index (χ4v) is 10.1. The minimum Gasteiger partial charge on any atom is -0.294 e.